The van der Waals surface area contributed by atoms with Crippen molar-refractivity contribution in [2.45, 2.75) is 44.8 Å². The molecule has 4 rings (SSSR count). The Labute approximate surface area is 193 Å². The van der Waals surface area contributed by atoms with E-state index in [4.69, 9.17) is 23.2 Å². The van der Waals surface area contributed by atoms with Crippen LogP contribution in [0.1, 0.15) is 32.6 Å². The van der Waals surface area contributed by atoms with Gasteiger partial charge in [-0.05, 0) is 69.3 Å². The third kappa shape index (κ3) is 5.28. The molecule has 1 aliphatic carbocycles. The van der Waals surface area contributed by atoms with E-state index in [1.54, 1.807) is 30.0 Å². The predicted octanol–water partition coefficient (Wildman–Crippen LogP) is 3.29. The lowest BCUT2D eigenvalue weighted by atomic mass is 9.93. The SMILES string of the molecule is CC1C(=O)N(CC(O)CN2CCC3(CC2)CC3)CCN1C(=O)Nc1ccc(Cl)c(Cl)c1. The number of hydrogen-bond acceptors (Lipinski definition) is 4. The molecule has 2 atom stereocenters. The van der Waals surface area contributed by atoms with Crippen LogP contribution in [0.4, 0.5) is 10.5 Å². The summed E-state index contributed by atoms with van der Waals surface area (Å²) in [6.45, 7) is 5.48. The summed E-state index contributed by atoms with van der Waals surface area (Å²) in [5.74, 6) is -0.148. The summed E-state index contributed by atoms with van der Waals surface area (Å²) in [5.41, 5.74) is 1.13. The maximum Gasteiger partial charge on any atom is 0.322 e. The summed E-state index contributed by atoms with van der Waals surface area (Å²) in [6, 6.07) is 3.89. The second-order valence-electron chi connectivity index (χ2n) is 9.17. The molecule has 2 N–H and O–H groups in total. The van der Waals surface area contributed by atoms with Crippen molar-refractivity contribution < 1.29 is 14.7 Å². The minimum Gasteiger partial charge on any atom is -0.390 e. The number of aliphatic hydroxyl groups is 1. The van der Waals surface area contributed by atoms with Crippen LogP contribution >= 0.6 is 23.2 Å². The van der Waals surface area contributed by atoms with Crippen molar-refractivity contribution in [1.29, 1.82) is 0 Å². The fourth-order valence-corrected chi connectivity index (χ4v) is 4.95. The number of amides is 3. The van der Waals surface area contributed by atoms with E-state index in [1.165, 1.54) is 30.6 Å². The number of aliphatic hydroxyl groups excluding tert-OH is 1. The van der Waals surface area contributed by atoms with E-state index in [1.807, 2.05) is 0 Å². The quantitative estimate of drug-likeness (QED) is 0.694. The summed E-state index contributed by atoms with van der Waals surface area (Å²) in [6.07, 6.45) is 4.59. The van der Waals surface area contributed by atoms with Crippen LogP contribution in [0.15, 0.2) is 18.2 Å². The normalized spacial score (nSPS) is 24.4. The number of piperidine rings is 1. The molecule has 170 valence electrons. The van der Waals surface area contributed by atoms with Crippen LogP contribution in [-0.2, 0) is 4.79 Å². The lowest BCUT2D eigenvalue weighted by Crippen LogP contribution is -2.60. The van der Waals surface area contributed by atoms with Crippen LogP contribution < -0.4 is 5.32 Å². The van der Waals surface area contributed by atoms with Gasteiger partial charge in [0.15, 0.2) is 0 Å². The predicted molar refractivity (Wildman–Crippen MR) is 122 cm³/mol. The van der Waals surface area contributed by atoms with E-state index in [0.717, 1.165) is 13.1 Å². The number of nitrogens with zero attached hydrogens (tertiary/aromatic N) is 3. The van der Waals surface area contributed by atoms with Gasteiger partial charge in [0.25, 0.3) is 0 Å². The molecule has 1 spiro atoms. The van der Waals surface area contributed by atoms with Crippen LogP contribution in [0.25, 0.3) is 0 Å². The smallest absolute Gasteiger partial charge is 0.322 e. The van der Waals surface area contributed by atoms with E-state index >= 15 is 0 Å². The molecule has 0 radical (unpaired) electrons. The van der Waals surface area contributed by atoms with Crippen LogP contribution in [0.3, 0.4) is 0 Å². The van der Waals surface area contributed by atoms with Crippen LogP contribution in [0, 0.1) is 5.41 Å². The number of benzene rings is 1. The number of rotatable bonds is 5. The lowest BCUT2D eigenvalue weighted by molar-refractivity contribution is -0.140. The van der Waals surface area contributed by atoms with Crippen LogP contribution in [0.5, 0.6) is 0 Å². The van der Waals surface area contributed by atoms with Gasteiger partial charge in [-0.2, -0.15) is 0 Å². The molecule has 31 heavy (non-hydrogen) atoms. The van der Waals surface area contributed by atoms with E-state index in [0.29, 0.717) is 47.3 Å². The monoisotopic (exact) mass is 468 g/mol. The first-order valence-corrected chi connectivity index (χ1v) is 11.7. The Morgan fingerprint density at radius 1 is 1.13 bits per heavy atom. The number of hydrogen-bond donors (Lipinski definition) is 2. The first-order valence-electron chi connectivity index (χ1n) is 11.0. The van der Waals surface area contributed by atoms with Gasteiger partial charge in [-0.15, -0.1) is 0 Å². The zero-order valence-electron chi connectivity index (χ0n) is 17.8. The molecule has 2 saturated heterocycles. The Morgan fingerprint density at radius 3 is 2.48 bits per heavy atom. The Hall–Kier alpha value is -1.54. The number of carbonyl (C=O) groups is 2. The molecule has 2 aliphatic heterocycles. The third-order valence-corrected chi connectivity index (χ3v) is 7.69. The topological polar surface area (TPSA) is 76.1 Å². The Morgan fingerprint density at radius 2 is 1.84 bits per heavy atom. The summed E-state index contributed by atoms with van der Waals surface area (Å²) in [7, 11) is 0. The van der Waals surface area contributed by atoms with Crippen molar-refractivity contribution in [2.75, 3.05) is 44.6 Å². The molecule has 3 amide bonds. The van der Waals surface area contributed by atoms with Crippen molar-refractivity contribution in [2.24, 2.45) is 5.41 Å². The van der Waals surface area contributed by atoms with Gasteiger partial charge in [0.05, 0.1) is 16.1 Å². The molecule has 3 fully saturated rings. The second-order valence-corrected chi connectivity index (χ2v) is 9.98. The molecule has 3 aliphatic rings. The number of nitrogens with one attached hydrogen (secondary N) is 1. The Bertz CT molecular complexity index is 838. The highest BCUT2D eigenvalue weighted by Crippen LogP contribution is 2.53. The molecule has 9 heteroatoms. The summed E-state index contributed by atoms with van der Waals surface area (Å²) < 4.78 is 0. The number of likely N-dealkylation sites (tertiary alicyclic amines) is 1. The van der Waals surface area contributed by atoms with Gasteiger partial charge in [-0.3, -0.25) is 4.79 Å². The maximum atomic E-state index is 12.9. The maximum absolute atomic E-state index is 12.9. The molecule has 1 saturated carbocycles. The largest absolute Gasteiger partial charge is 0.390 e. The zero-order chi connectivity index (χ0) is 22.2. The number of urea groups is 1. The van der Waals surface area contributed by atoms with Crippen molar-refractivity contribution in [1.82, 2.24) is 14.7 Å². The van der Waals surface area contributed by atoms with E-state index in [2.05, 4.69) is 10.2 Å². The minimum absolute atomic E-state index is 0.148. The van der Waals surface area contributed by atoms with Crippen molar-refractivity contribution in [3.05, 3.63) is 28.2 Å². The van der Waals surface area contributed by atoms with Crippen molar-refractivity contribution in [3.63, 3.8) is 0 Å². The molecule has 1 aromatic rings. The summed E-state index contributed by atoms with van der Waals surface area (Å²) in [5, 5.41) is 14.1. The number of piperazine rings is 1. The van der Waals surface area contributed by atoms with E-state index in [-0.39, 0.29) is 11.9 Å². The van der Waals surface area contributed by atoms with Crippen molar-refractivity contribution >= 4 is 40.8 Å². The van der Waals surface area contributed by atoms with Crippen LogP contribution in [0.2, 0.25) is 10.0 Å². The highest BCUT2D eigenvalue weighted by atomic mass is 35.5. The van der Waals surface area contributed by atoms with E-state index in [9.17, 15) is 14.7 Å². The fraction of sp³-hybridized carbons (Fsp3) is 0.636. The van der Waals surface area contributed by atoms with Gasteiger partial charge < -0.3 is 25.1 Å². The fourth-order valence-electron chi connectivity index (χ4n) is 4.65. The Kier molecular flexibility index (Phi) is 6.68. The average Bonchev–Trinajstić information content (AvgIpc) is 3.49. The summed E-state index contributed by atoms with van der Waals surface area (Å²) >= 11 is 11.9. The molecule has 0 bridgehead atoms. The summed E-state index contributed by atoms with van der Waals surface area (Å²) in [4.78, 5) is 31.0. The van der Waals surface area contributed by atoms with Gasteiger partial charge in [0, 0.05) is 31.9 Å². The third-order valence-electron chi connectivity index (χ3n) is 6.95. The van der Waals surface area contributed by atoms with Crippen LogP contribution in [-0.4, -0.2) is 83.2 Å². The van der Waals surface area contributed by atoms with Crippen molar-refractivity contribution in [3.8, 4) is 0 Å². The van der Waals surface area contributed by atoms with Gasteiger partial charge in [0.1, 0.15) is 6.04 Å². The molecular formula is C22H30Cl2N4O3. The highest BCUT2D eigenvalue weighted by molar-refractivity contribution is 6.42. The number of anilines is 1. The second kappa shape index (κ2) is 9.14. The number of carbonyl (C=O) groups excluding carboxylic acids is 2. The first-order chi connectivity index (χ1) is 14.8. The average molecular weight is 469 g/mol. The molecule has 7 nitrogen and oxygen atoms in total. The minimum atomic E-state index is -0.603. The Balaban J connectivity index is 1.26. The van der Waals surface area contributed by atoms with E-state index < -0.39 is 12.1 Å². The van der Waals surface area contributed by atoms with Gasteiger partial charge in [-0.1, -0.05) is 23.2 Å². The zero-order valence-corrected chi connectivity index (χ0v) is 19.3. The lowest BCUT2D eigenvalue weighted by Gasteiger charge is -2.40. The van der Waals surface area contributed by atoms with Gasteiger partial charge in [0.2, 0.25) is 5.91 Å². The van der Waals surface area contributed by atoms with Gasteiger partial charge >= 0.3 is 6.03 Å². The standard InChI is InChI=1S/C22H30Cl2N4O3/c1-15-20(30)27(14-17(29)13-26-8-6-22(4-5-22)7-9-26)10-11-28(15)21(31)25-16-2-3-18(23)19(24)12-16/h2-3,12,15,17,29H,4-11,13-14H2,1H3,(H,25,31). The first kappa shape index (κ1) is 22.6. The molecule has 0 aromatic heterocycles. The molecular weight excluding hydrogens is 439 g/mol. The molecule has 2 heterocycles. The highest BCUT2D eigenvalue weighted by Gasteiger charge is 2.44. The number of β-amino-alcohol motifs (C(OH)–C–C–N with tert-alkyl or cyclic N) is 1. The number of halogens is 2. The molecule has 1 aromatic carbocycles. The van der Waals surface area contributed by atoms with Gasteiger partial charge in [-0.25, -0.2) is 4.79 Å². The molecule has 2 unspecified atom stereocenters.